The highest BCUT2D eigenvalue weighted by molar-refractivity contribution is 7.91. The van der Waals surface area contributed by atoms with Crippen LogP contribution in [0.15, 0.2) is 69.2 Å². The van der Waals surface area contributed by atoms with Crippen LogP contribution >= 0.6 is 0 Å². The van der Waals surface area contributed by atoms with Gasteiger partial charge in [0.15, 0.2) is 9.79 Å². The smallest absolute Gasteiger partial charge is 0.416 e. The molecule has 16 heteroatoms. The zero-order chi connectivity index (χ0) is 34.4. The van der Waals surface area contributed by atoms with E-state index in [1.54, 1.807) is 0 Å². The second-order valence-corrected chi connectivity index (χ2v) is 11.1. The Balaban J connectivity index is 1.67. The van der Waals surface area contributed by atoms with E-state index in [1.807, 2.05) is 6.07 Å². The number of carbonyl (C=O) groups excluding carboxylic acids is 2. The third-order valence-corrected chi connectivity index (χ3v) is 8.02. The van der Waals surface area contributed by atoms with E-state index in [0.717, 1.165) is 28.8 Å². The second kappa shape index (κ2) is 18.1. The van der Waals surface area contributed by atoms with E-state index in [0.29, 0.717) is 31.9 Å². The van der Waals surface area contributed by atoms with Gasteiger partial charge >= 0.3 is 12.2 Å². The third kappa shape index (κ3) is 10.8. The Labute approximate surface area is 272 Å². The fourth-order valence-electron chi connectivity index (χ4n) is 4.14. The first-order chi connectivity index (χ1) is 22.5. The van der Waals surface area contributed by atoms with Crippen molar-refractivity contribution >= 4 is 23.1 Å². The lowest BCUT2D eigenvalue weighted by Gasteiger charge is -2.19. The average molecular weight is 678 g/mol. The highest BCUT2D eigenvalue weighted by atomic mass is 32.2. The molecule has 3 amide bonds. The number of rotatable bonds is 16. The highest BCUT2D eigenvalue weighted by Gasteiger charge is 2.32. The zero-order valence-electron chi connectivity index (χ0n) is 25.6. The van der Waals surface area contributed by atoms with Crippen molar-refractivity contribution in [2.24, 2.45) is 0 Å². The van der Waals surface area contributed by atoms with Crippen molar-refractivity contribution in [1.29, 1.82) is 5.26 Å². The number of aromatic nitrogens is 1. The number of urea groups is 1. The van der Waals surface area contributed by atoms with Gasteiger partial charge in [0.2, 0.25) is 0 Å². The molecule has 3 aromatic rings. The van der Waals surface area contributed by atoms with Gasteiger partial charge in [0.25, 0.3) is 11.5 Å². The SMILES string of the molecule is CNC(=O)NCCOCCOCCOCCNC(=O)c1cc([S+]([O-])c2ccc(C#N)cc2)c(C)n(-c2cccc(C(F)(F)F)c2)c1=O. The summed E-state index contributed by atoms with van der Waals surface area (Å²) in [5.41, 5.74) is -2.11. The molecule has 12 nitrogen and oxygen atoms in total. The zero-order valence-corrected chi connectivity index (χ0v) is 26.5. The molecule has 2 aromatic carbocycles. The van der Waals surface area contributed by atoms with Gasteiger partial charge in [-0.25, -0.2) is 4.79 Å². The van der Waals surface area contributed by atoms with Crippen LogP contribution in [0.3, 0.4) is 0 Å². The number of hydrogen-bond donors (Lipinski definition) is 3. The van der Waals surface area contributed by atoms with Crippen molar-refractivity contribution in [3.05, 3.63) is 87.3 Å². The van der Waals surface area contributed by atoms with Crippen LogP contribution in [0, 0.1) is 18.3 Å². The van der Waals surface area contributed by atoms with Gasteiger partial charge in [0, 0.05) is 43.1 Å². The van der Waals surface area contributed by atoms with Crippen molar-refractivity contribution in [2.75, 3.05) is 59.8 Å². The molecule has 0 saturated carbocycles. The molecule has 0 fully saturated rings. The second-order valence-electron chi connectivity index (χ2n) is 9.70. The predicted molar refractivity (Wildman–Crippen MR) is 165 cm³/mol. The fourth-order valence-corrected chi connectivity index (χ4v) is 5.36. The van der Waals surface area contributed by atoms with Crippen molar-refractivity contribution < 1.29 is 41.5 Å². The van der Waals surface area contributed by atoms with Crippen molar-refractivity contribution in [1.82, 2.24) is 20.5 Å². The lowest BCUT2D eigenvalue weighted by molar-refractivity contribution is -0.137. The monoisotopic (exact) mass is 677 g/mol. The first kappa shape index (κ1) is 37.1. The number of nitrogens with one attached hydrogen (secondary N) is 3. The van der Waals surface area contributed by atoms with E-state index >= 15 is 0 Å². The molecule has 1 heterocycles. The lowest BCUT2D eigenvalue weighted by atomic mass is 10.1. The van der Waals surface area contributed by atoms with Gasteiger partial charge in [0.05, 0.1) is 62.5 Å². The molecule has 1 aromatic heterocycles. The number of ether oxygens (including phenoxy) is 3. The van der Waals surface area contributed by atoms with Crippen LogP contribution in [-0.2, 0) is 31.6 Å². The summed E-state index contributed by atoms with van der Waals surface area (Å²) in [6.07, 6.45) is -4.69. The minimum Gasteiger partial charge on any atom is -0.606 e. The molecule has 47 heavy (non-hydrogen) atoms. The molecule has 0 saturated heterocycles. The van der Waals surface area contributed by atoms with E-state index in [2.05, 4.69) is 16.0 Å². The van der Waals surface area contributed by atoms with Gasteiger partial charge in [-0.1, -0.05) is 6.07 Å². The number of hydrogen-bond acceptors (Lipinski definition) is 8. The van der Waals surface area contributed by atoms with Gasteiger partial charge in [-0.15, -0.1) is 0 Å². The van der Waals surface area contributed by atoms with Crippen LogP contribution in [0.4, 0.5) is 18.0 Å². The van der Waals surface area contributed by atoms with E-state index in [-0.39, 0.29) is 53.6 Å². The van der Waals surface area contributed by atoms with E-state index in [9.17, 15) is 32.1 Å². The molecule has 0 aliphatic heterocycles. The van der Waals surface area contributed by atoms with E-state index < -0.39 is 39.9 Å². The van der Waals surface area contributed by atoms with Gasteiger partial charge in [-0.05, 0) is 49.4 Å². The normalized spacial score (nSPS) is 11.9. The summed E-state index contributed by atoms with van der Waals surface area (Å²) in [5, 5.41) is 16.6. The summed E-state index contributed by atoms with van der Waals surface area (Å²) in [7, 11) is 1.51. The Morgan fingerprint density at radius 2 is 1.53 bits per heavy atom. The Morgan fingerprint density at radius 3 is 2.11 bits per heavy atom. The summed E-state index contributed by atoms with van der Waals surface area (Å²) in [6.45, 7) is 3.23. The number of nitriles is 1. The van der Waals surface area contributed by atoms with E-state index in [1.165, 1.54) is 44.3 Å². The molecule has 1 unspecified atom stereocenters. The first-order valence-corrected chi connectivity index (χ1v) is 15.5. The Bertz CT molecular complexity index is 1610. The molecule has 0 aliphatic carbocycles. The van der Waals surface area contributed by atoms with Gasteiger partial charge in [-0.2, -0.15) is 18.4 Å². The number of amides is 3. The number of carbonyl (C=O) groups is 2. The summed E-state index contributed by atoms with van der Waals surface area (Å²) in [4.78, 5) is 38.0. The third-order valence-electron chi connectivity index (χ3n) is 6.51. The maximum atomic E-state index is 13.6. The van der Waals surface area contributed by atoms with Gasteiger partial charge < -0.3 is 34.7 Å². The highest BCUT2D eigenvalue weighted by Crippen LogP contribution is 2.31. The fraction of sp³-hybridized carbons (Fsp3) is 0.355. The predicted octanol–water partition coefficient (Wildman–Crippen LogP) is 2.91. The molecule has 0 radical (unpaired) electrons. The lowest BCUT2D eigenvalue weighted by Crippen LogP contribution is -2.36. The maximum absolute atomic E-state index is 13.6. The Morgan fingerprint density at radius 1 is 0.936 bits per heavy atom. The van der Waals surface area contributed by atoms with Crippen molar-refractivity contribution in [2.45, 2.75) is 22.9 Å². The van der Waals surface area contributed by atoms with E-state index in [4.69, 9.17) is 19.5 Å². The van der Waals surface area contributed by atoms with Crippen LogP contribution in [0.5, 0.6) is 0 Å². The van der Waals surface area contributed by atoms with Crippen LogP contribution in [0.25, 0.3) is 5.69 Å². The number of benzene rings is 2. The molecule has 0 spiro atoms. The summed E-state index contributed by atoms with van der Waals surface area (Å²) >= 11 is -1.97. The largest absolute Gasteiger partial charge is 0.606 e. The minimum absolute atomic E-state index is 0.00873. The molecule has 252 valence electrons. The molecule has 3 N–H and O–H groups in total. The van der Waals surface area contributed by atoms with Crippen LogP contribution in [0.2, 0.25) is 0 Å². The standard InChI is InChI=1S/C31H34F3N5O7S/c1-21-27(47(43)25-8-6-22(20-35)7-9-25)19-26(29(41)39(21)24-5-3-4-23(18-24)31(32,33)34)28(40)37-10-12-44-14-16-46-17-15-45-13-11-38-30(42)36-2/h3-9,18-19H,10-17H2,1-2H3,(H,37,40)(H2,36,38,42). The number of alkyl halides is 3. The summed E-state index contributed by atoms with van der Waals surface area (Å²) in [5.74, 6) is -0.836. The Hall–Kier alpha value is -4.40. The number of halogens is 3. The Kier molecular flexibility index (Phi) is 14.2. The number of nitrogens with zero attached hydrogens (tertiary/aromatic N) is 2. The first-order valence-electron chi connectivity index (χ1n) is 14.3. The molecular weight excluding hydrogens is 643 g/mol. The number of pyridine rings is 1. The van der Waals surface area contributed by atoms with Crippen molar-refractivity contribution in [3.8, 4) is 11.8 Å². The molecule has 3 rings (SSSR count). The van der Waals surface area contributed by atoms with Gasteiger partial charge in [0.1, 0.15) is 5.56 Å². The molecule has 0 aliphatic rings. The molecular formula is C31H34F3N5O7S. The van der Waals surface area contributed by atoms with Crippen LogP contribution in [0.1, 0.15) is 27.2 Å². The topological polar surface area (TPSA) is 167 Å². The van der Waals surface area contributed by atoms with Crippen LogP contribution in [-0.4, -0.2) is 80.8 Å². The minimum atomic E-state index is -4.69. The van der Waals surface area contributed by atoms with Crippen LogP contribution < -0.4 is 21.5 Å². The quantitative estimate of drug-likeness (QED) is 0.154. The maximum Gasteiger partial charge on any atom is 0.416 e. The summed E-state index contributed by atoms with van der Waals surface area (Å²) in [6, 6.07) is 12.7. The molecule has 0 bridgehead atoms. The average Bonchev–Trinajstić information content (AvgIpc) is 3.06. The van der Waals surface area contributed by atoms with Gasteiger partial charge in [-0.3, -0.25) is 14.2 Å². The molecule has 1 atom stereocenters. The van der Waals surface area contributed by atoms with Crippen molar-refractivity contribution in [3.63, 3.8) is 0 Å². The summed E-state index contributed by atoms with van der Waals surface area (Å²) < 4.78 is 71.2.